The van der Waals surface area contributed by atoms with Crippen LogP contribution in [-0.4, -0.2) is 36.3 Å². The van der Waals surface area contributed by atoms with Crippen molar-refractivity contribution in [3.63, 3.8) is 0 Å². The van der Waals surface area contributed by atoms with Crippen molar-refractivity contribution in [3.8, 4) is 0 Å². The number of aromatic nitrogens is 1. The van der Waals surface area contributed by atoms with Crippen LogP contribution in [0.25, 0.3) is 0 Å². The van der Waals surface area contributed by atoms with Crippen molar-refractivity contribution in [1.82, 2.24) is 10.3 Å². The Bertz CT molecular complexity index is 437. The molecule has 0 spiro atoms. The number of carbonyl (C=O) groups excluding carboxylic acids is 3. The molecule has 1 heterocycles. The third-order valence-electron chi connectivity index (χ3n) is 2.24. The fraction of sp³-hybridized carbons (Fsp3) is 0.364. The van der Waals surface area contributed by atoms with E-state index in [-0.39, 0.29) is 13.2 Å². The summed E-state index contributed by atoms with van der Waals surface area (Å²) in [6.07, 6.45) is 2.07. The van der Waals surface area contributed by atoms with Gasteiger partial charge in [0.25, 0.3) is 5.91 Å². The summed E-state index contributed by atoms with van der Waals surface area (Å²) in [5.41, 5.74) is 1.25. The molecule has 1 aromatic heterocycles. The molecule has 1 aromatic rings. The molecule has 17 heavy (non-hydrogen) atoms. The number of nitrogens with one attached hydrogen (secondary N) is 2. The summed E-state index contributed by atoms with van der Waals surface area (Å²) < 4.78 is 4.67. The van der Waals surface area contributed by atoms with Crippen LogP contribution in [0.1, 0.15) is 33.3 Å². The van der Waals surface area contributed by atoms with Crippen LogP contribution >= 0.6 is 0 Å². The van der Waals surface area contributed by atoms with Gasteiger partial charge in [-0.15, -0.1) is 0 Å². The summed E-state index contributed by atoms with van der Waals surface area (Å²) in [5, 5.41) is 2.41. The van der Waals surface area contributed by atoms with Crippen LogP contribution in [0.5, 0.6) is 0 Å². The summed E-state index contributed by atoms with van der Waals surface area (Å²) in [6, 6.07) is 0. The number of ether oxygens (including phenoxy) is 1. The van der Waals surface area contributed by atoms with Crippen molar-refractivity contribution in [2.45, 2.75) is 13.8 Å². The minimum Gasteiger partial charge on any atom is -0.465 e. The van der Waals surface area contributed by atoms with Gasteiger partial charge >= 0.3 is 5.97 Å². The highest BCUT2D eigenvalue weighted by molar-refractivity contribution is 5.98. The van der Waals surface area contributed by atoms with Gasteiger partial charge in [0.1, 0.15) is 6.54 Å². The maximum atomic E-state index is 11.6. The Morgan fingerprint density at radius 2 is 2.24 bits per heavy atom. The first-order valence-corrected chi connectivity index (χ1v) is 5.17. The second kappa shape index (κ2) is 5.83. The van der Waals surface area contributed by atoms with E-state index in [1.165, 1.54) is 6.20 Å². The van der Waals surface area contributed by atoms with Crippen molar-refractivity contribution in [2.24, 2.45) is 0 Å². The molecule has 92 valence electrons. The lowest BCUT2D eigenvalue weighted by atomic mass is 10.1. The molecule has 0 saturated carbocycles. The number of carbonyl (C=O) groups is 3. The molecule has 0 bridgehead atoms. The molecule has 0 aliphatic carbocycles. The number of H-pyrrole nitrogens is 1. The monoisotopic (exact) mass is 238 g/mol. The fourth-order valence-electron chi connectivity index (χ4n) is 1.33. The highest BCUT2D eigenvalue weighted by Gasteiger charge is 2.14. The predicted octanol–water partition coefficient (Wildman–Crippen LogP) is 0.429. The first-order valence-electron chi connectivity index (χ1n) is 5.17. The first-order chi connectivity index (χ1) is 8.10. The zero-order valence-corrected chi connectivity index (χ0v) is 9.70. The molecular weight excluding hydrogens is 224 g/mol. The van der Waals surface area contributed by atoms with E-state index in [0.29, 0.717) is 23.1 Å². The molecule has 0 aromatic carbocycles. The standard InChI is InChI=1S/C11H14N2O4/c1-3-17-10(15)5-13-11(16)8-4-12-9(6-14)7(8)2/h4,6,12H,3,5H2,1-2H3,(H,13,16). The summed E-state index contributed by atoms with van der Waals surface area (Å²) in [6.45, 7) is 3.42. The van der Waals surface area contributed by atoms with Crippen molar-refractivity contribution < 1.29 is 19.1 Å². The lowest BCUT2D eigenvalue weighted by molar-refractivity contribution is -0.141. The Hall–Kier alpha value is -2.11. The van der Waals surface area contributed by atoms with Crippen LogP contribution in [0, 0.1) is 6.92 Å². The topological polar surface area (TPSA) is 88.3 Å². The molecule has 0 radical (unpaired) electrons. The molecule has 0 atom stereocenters. The average Bonchev–Trinajstić information content (AvgIpc) is 2.68. The number of aldehydes is 1. The Kier molecular flexibility index (Phi) is 4.45. The highest BCUT2D eigenvalue weighted by atomic mass is 16.5. The third-order valence-corrected chi connectivity index (χ3v) is 2.24. The van der Waals surface area contributed by atoms with Crippen LogP contribution in [-0.2, 0) is 9.53 Å². The van der Waals surface area contributed by atoms with Gasteiger partial charge in [-0.3, -0.25) is 14.4 Å². The molecular formula is C11H14N2O4. The van der Waals surface area contributed by atoms with E-state index in [1.54, 1.807) is 13.8 Å². The van der Waals surface area contributed by atoms with Crippen LogP contribution in [0.2, 0.25) is 0 Å². The number of amides is 1. The summed E-state index contributed by atoms with van der Waals surface area (Å²) in [4.78, 5) is 35.9. The Morgan fingerprint density at radius 1 is 1.53 bits per heavy atom. The lowest BCUT2D eigenvalue weighted by Gasteiger charge is -2.04. The smallest absolute Gasteiger partial charge is 0.325 e. The van der Waals surface area contributed by atoms with E-state index in [9.17, 15) is 14.4 Å². The largest absolute Gasteiger partial charge is 0.465 e. The van der Waals surface area contributed by atoms with Crippen LogP contribution in [0.15, 0.2) is 6.20 Å². The quantitative estimate of drug-likeness (QED) is 0.575. The van der Waals surface area contributed by atoms with Gasteiger partial charge in [0.05, 0.1) is 17.9 Å². The Labute approximate surface area is 98.3 Å². The van der Waals surface area contributed by atoms with Gasteiger partial charge in [0, 0.05) is 6.20 Å². The molecule has 6 nitrogen and oxygen atoms in total. The van der Waals surface area contributed by atoms with Gasteiger partial charge in [0.15, 0.2) is 6.29 Å². The van der Waals surface area contributed by atoms with Gasteiger partial charge in [-0.25, -0.2) is 0 Å². The normalized spacial score (nSPS) is 9.76. The number of hydrogen-bond donors (Lipinski definition) is 2. The van der Waals surface area contributed by atoms with Crippen molar-refractivity contribution >= 4 is 18.2 Å². The average molecular weight is 238 g/mol. The molecule has 2 N–H and O–H groups in total. The Morgan fingerprint density at radius 3 is 2.76 bits per heavy atom. The second-order valence-electron chi connectivity index (χ2n) is 3.35. The summed E-state index contributed by atoms with van der Waals surface area (Å²) in [5.74, 6) is -0.912. The molecule has 6 heteroatoms. The van der Waals surface area contributed by atoms with Gasteiger partial charge in [0.2, 0.25) is 0 Å². The van der Waals surface area contributed by atoms with Crippen molar-refractivity contribution in [1.29, 1.82) is 0 Å². The van der Waals surface area contributed by atoms with E-state index >= 15 is 0 Å². The van der Waals surface area contributed by atoms with Gasteiger partial charge < -0.3 is 15.0 Å². The molecule has 0 unspecified atom stereocenters. The van der Waals surface area contributed by atoms with E-state index in [2.05, 4.69) is 15.0 Å². The SMILES string of the molecule is CCOC(=O)CNC(=O)c1c[nH]c(C=O)c1C. The summed E-state index contributed by atoms with van der Waals surface area (Å²) >= 11 is 0. The highest BCUT2D eigenvalue weighted by Crippen LogP contribution is 2.10. The van der Waals surface area contributed by atoms with E-state index in [4.69, 9.17) is 0 Å². The third kappa shape index (κ3) is 3.17. The number of rotatable bonds is 5. The summed E-state index contributed by atoms with van der Waals surface area (Å²) in [7, 11) is 0. The van der Waals surface area contributed by atoms with Crippen LogP contribution in [0.3, 0.4) is 0 Å². The second-order valence-corrected chi connectivity index (χ2v) is 3.35. The molecule has 0 aliphatic heterocycles. The molecule has 0 fully saturated rings. The maximum Gasteiger partial charge on any atom is 0.325 e. The number of esters is 1. The number of aromatic amines is 1. The van der Waals surface area contributed by atoms with E-state index in [1.807, 2.05) is 0 Å². The zero-order valence-electron chi connectivity index (χ0n) is 9.70. The molecule has 0 aliphatic rings. The molecule has 1 rings (SSSR count). The van der Waals surface area contributed by atoms with Crippen LogP contribution < -0.4 is 5.32 Å². The van der Waals surface area contributed by atoms with Crippen LogP contribution in [0.4, 0.5) is 0 Å². The lowest BCUT2D eigenvalue weighted by Crippen LogP contribution is -2.30. The molecule has 1 amide bonds. The minimum atomic E-state index is -0.496. The number of hydrogen-bond acceptors (Lipinski definition) is 4. The zero-order chi connectivity index (χ0) is 12.8. The van der Waals surface area contributed by atoms with E-state index < -0.39 is 11.9 Å². The predicted molar refractivity (Wildman–Crippen MR) is 59.9 cm³/mol. The van der Waals surface area contributed by atoms with Crippen molar-refractivity contribution in [3.05, 3.63) is 23.0 Å². The fourth-order valence-corrected chi connectivity index (χ4v) is 1.33. The maximum absolute atomic E-state index is 11.6. The molecule has 0 saturated heterocycles. The Balaban J connectivity index is 2.61. The first kappa shape index (κ1) is 13.0. The van der Waals surface area contributed by atoms with Gasteiger partial charge in [-0.1, -0.05) is 0 Å². The minimum absolute atomic E-state index is 0.187. The van der Waals surface area contributed by atoms with Gasteiger partial charge in [-0.2, -0.15) is 0 Å². The van der Waals surface area contributed by atoms with Crippen molar-refractivity contribution in [2.75, 3.05) is 13.2 Å². The van der Waals surface area contributed by atoms with Gasteiger partial charge in [-0.05, 0) is 19.4 Å². The van der Waals surface area contributed by atoms with E-state index in [0.717, 1.165) is 0 Å².